The zero-order valence-corrected chi connectivity index (χ0v) is 17.1. The van der Waals surface area contributed by atoms with Gasteiger partial charge in [0.05, 0.1) is 0 Å². The van der Waals surface area contributed by atoms with E-state index in [1.807, 2.05) is 34.6 Å². The smallest absolute Gasteiger partial charge is 0.433 e. The molecule has 1 atom stereocenters. The molecule has 158 valence electrons. The number of carbonyl (C=O) groups excluding carboxylic acids is 1. The Morgan fingerprint density at radius 2 is 2.04 bits per heavy atom. The average molecular weight is 402 g/mol. The number of ether oxygens (including phenoxy) is 1. The van der Waals surface area contributed by atoms with Gasteiger partial charge < -0.3 is 14.5 Å². The van der Waals surface area contributed by atoms with Gasteiger partial charge in [-0.1, -0.05) is 0 Å². The maximum atomic E-state index is 12.9. The summed E-state index contributed by atoms with van der Waals surface area (Å²) in [6.45, 7) is 10.8. The van der Waals surface area contributed by atoms with Crippen LogP contribution in [0.5, 0.6) is 0 Å². The molecule has 1 amide bonds. The lowest BCUT2D eigenvalue weighted by Crippen LogP contribution is -2.47. The van der Waals surface area contributed by atoms with Gasteiger partial charge in [-0.25, -0.2) is 14.8 Å². The summed E-state index contributed by atoms with van der Waals surface area (Å²) in [5.41, 5.74) is -1.54. The van der Waals surface area contributed by atoms with Gasteiger partial charge in [0.2, 0.25) is 5.95 Å². The van der Waals surface area contributed by atoms with E-state index in [1.165, 1.54) is 0 Å². The number of piperidine rings is 1. The van der Waals surface area contributed by atoms with Crippen LogP contribution in [0.1, 0.15) is 53.2 Å². The van der Waals surface area contributed by atoms with Crippen LogP contribution in [0, 0.1) is 5.92 Å². The molecule has 1 aliphatic rings. The molecule has 0 aliphatic carbocycles. The van der Waals surface area contributed by atoms with Crippen molar-refractivity contribution < 1.29 is 22.7 Å². The number of halogens is 3. The number of rotatable bonds is 4. The van der Waals surface area contributed by atoms with Crippen LogP contribution in [0.2, 0.25) is 0 Å². The molecule has 0 aromatic carbocycles. The van der Waals surface area contributed by atoms with Crippen LogP contribution in [0.3, 0.4) is 0 Å². The number of anilines is 1. The van der Waals surface area contributed by atoms with E-state index in [0.29, 0.717) is 19.6 Å². The molecule has 2 rings (SSSR count). The summed E-state index contributed by atoms with van der Waals surface area (Å²) >= 11 is 0. The van der Waals surface area contributed by atoms with Crippen LogP contribution in [0.25, 0.3) is 0 Å². The van der Waals surface area contributed by atoms with Crippen molar-refractivity contribution in [3.63, 3.8) is 0 Å². The fraction of sp³-hybridized carbons (Fsp3) is 0.737. The lowest BCUT2D eigenvalue weighted by molar-refractivity contribution is -0.141. The van der Waals surface area contributed by atoms with Crippen molar-refractivity contribution in [2.45, 2.75) is 65.3 Å². The molecule has 0 radical (unpaired) electrons. The number of nitrogens with zero attached hydrogens (tertiary/aromatic N) is 4. The molecule has 1 aliphatic heterocycles. The Labute approximate surface area is 164 Å². The van der Waals surface area contributed by atoms with Gasteiger partial charge in [-0.15, -0.1) is 0 Å². The van der Waals surface area contributed by atoms with Crippen LogP contribution < -0.4 is 4.90 Å². The molecule has 1 aromatic rings. The summed E-state index contributed by atoms with van der Waals surface area (Å²) in [5, 5.41) is 0. The topological polar surface area (TPSA) is 58.6 Å². The summed E-state index contributed by atoms with van der Waals surface area (Å²) in [7, 11) is 0. The van der Waals surface area contributed by atoms with Gasteiger partial charge in [0.1, 0.15) is 11.3 Å². The van der Waals surface area contributed by atoms with E-state index in [-0.39, 0.29) is 24.0 Å². The van der Waals surface area contributed by atoms with Crippen molar-refractivity contribution in [3.8, 4) is 0 Å². The third-order valence-electron chi connectivity index (χ3n) is 4.44. The van der Waals surface area contributed by atoms with E-state index in [4.69, 9.17) is 4.74 Å². The molecule has 1 fully saturated rings. The first kappa shape index (κ1) is 22.2. The van der Waals surface area contributed by atoms with E-state index in [0.717, 1.165) is 25.1 Å². The van der Waals surface area contributed by atoms with Crippen molar-refractivity contribution in [1.29, 1.82) is 0 Å². The predicted molar refractivity (Wildman–Crippen MR) is 100 cm³/mol. The zero-order chi connectivity index (χ0) is 21.1. The van der Waals surface area contributed by atoms with Crippen molar-refractivity contribution in [2.75, 3.05) is 24.5 Å². The van der Waals surface area contributed by atoms with Crippen LogP contribution in [0.4, 0.5) is 23.9 Å². The highest BCUT2D eigenvalue weighted by atomic mass is 19.4. The quantitative estimate of drug-likeness (QED) is 0.749. The molecule has 28 heavy (non-hydrogen) atoms. The van der Waals surface area contributed by atoms with Gasteiger partial charge in [0.15, 0.2) is 0 Å². The fourth-order valence-corrected chi connectivity index (χ4v) is 3.15. The Bertz CT molecular complexity index is 674. The maximum absolute atomic E-state index is 12.9. The number of hydrogen-bond acceptors (Lipinski definition) is 5. The Morgan fingerprint density at radius 1 is 1.36 bits per heavy atom. The molecule has 2 heterocycles. The maximum Gasteiger partial charge on any atom is 0.433 e. The molecule has 0 bridgehead atoms. The van der Waals surface area contributed by atoms with Gasteiger partial charge >= 0.3 is 12.3 Å². The Hall–Kier alpha value is -2.06. The molecule has 0 saturated carbocycles. The van der Waals surface area contributed by atoms with Gasteiger partial charge in [-0.3, -0.25) is 0 Å². The molecule has 0 N–H and O–H groups in total. The molecule has 1 saturated heterocycles. The molecular formula is C19H29F3N4O2. The minimum Gasteiger partial charge on any atom is -0.444 e. The minimum atomic E-state index is -4.50. The molecule has 0 spiro atoms. The number of amides is 1. The second-order valence-corrected chi connectivity index (χ2v) is 8.42. The van der Waals surface area contributed by atoms with Gasteiger partial charge in [-0.2, -0.15) is 13.2 Å². The summed E-state index contributed by atoms with van der Waals surface area (Å²) in [4.78, 5) is 23.7. The fourth-order valence-electron chi connectivity index (χ4n) is 3.15. The molecule has 1 aromatic heterocycles. The minimum absolute atomic E-state index is 0.0463. The normalized spacial score (nSPS) is 18.3. The summed E-state index contributed by atoms with van der Waals surface area (Å²) in [6, 6.07) is 0.823. The van der Waals surface area contributed by atoms with E-state index in [1.54, 1.807) is 9.80 Å². The van der Waals surface area contributed by atoms with Gasteiger partial charge in [0.25, 0.3) is 0 Å². The number of alkyl halides is 3. The highest BCUT2D eigenvalue weighted by Crippen LogP contribution is 2.29. The Kier molecular flexibility index (Phi) is 6.77. The number of carbonyl (C=O) groups is 1. The second kappa shape index (κ2) is 8.53. The zero-order valence-electron chi connectivity index (χ0n) is 17.1. The lowest BCUT2D eigenvalue weighted by Gasteiger charge is -2.37. The SMILES string of the molecule is CC(C)N(C[C@@H]1CCCN(c2nccc(C(F)(F)F)n2)C1)C(=O)OC(C)(C)C. The van der Waals surface area contributed by atoms with E-state index in [2.05, 4.69) is 9.97 Å². The van der Waals surface area contributed by atoms with Crippen LogP contribution in [0.15, 0.2) is 12.3 Å². The Morgan fingerprint density at radius 3 is 2.61 bits per heavy atom. The third-order valence-corrected chi connectivity index (χ3v) is 4.44. The highest BCUT2D eigenvalue weighted by molar-refractivity contribution is 5.68. The lowest BCUT2D eigenvalue weighted by atomic mass is 9.97. The van der Waals surface area contributed by atoms with Gasteiger partial charge in [-0.05, 0) is 59.4 Å². The summed E-state index contributed by atoms with van der Waals surface area (Å²) < 4.78 is 44.3. The number of aromatic nitrogens is 2. The molecule has 9 heteroatoms. The van der Waals surface area contributed by atoms with E-state index < -0.39 is 17.5 Å². The van der Waals surface area contributed by atoms with E-state index in [9.17, 15) is 18.0 Å². The second-order valence-electron chi connectivity index (χ2n) is 8.42. The average Bonchev–Trinajstić information content (AvgIpc) is 2.57. The first-order valence-corrected chi connectivity index (χ1v) is 9.51. The first-order chi connectivity index (χ1) is 12.9. The van der Waals surface area contributed by atoms with Crippen molar-refractivity contribution in [1.82, 2.24) is 14.9 Å². The van der Waals surface area contributed by atoms with Crippen LogP contribution >= 0.6 is 0 Å². The molecule has 6 nitrogen and oxygen atoms in total. The largest absolute Gasteiger partial charge is 0.444 e. The van der Waals surface area contributed by atoms with Crippen molar-refractivity contribution in [3.05, 3.63) is 18.0 Å². The predicted octanol–water partition coefficient (Wildman–Crippen LogP) is 4.36. The van der Waals surface area contributed by atoms with Crippen molar-refractivity contribution in [2.24, 2.45) is 5.92 Å². The highest BCUT2D eigenvalue weighted by Gasteiger charge is 2.34. The Balaban J connectivity index is 2.09. The standard InChI is InChI=1S/C19H29F3N4O2/c1-13(2)26(17(27)28-18(3,4)5)12-14-7-6-10-25(11-14)16-23-9-8-15(24-16)19(20,21)22/h8-9,13-14H,6-7,10-12H2,1-5H3/t14-/m1/s1. The van der Waals surface area contributed by atoms with Crippen molar-refractivity contribution >= 4 is 12.0 Å². The monoisotopic (exact) mass is 402 g/mol. The summed E-state index contributed by atoms with van der Waals surface area (Å²) in [6.07, 6.45) is -2.07. The van der Waals surface area contributed by atoms with Crippen LogP contribution in [-0.2, 0) is 10.9 Å². The van der Waals surface area contributed by atoms with Crippen LogP contribution in [-0.4, -0.2) is 52.2 Å². The first-order valence-electron chi connectivity index (χ1n) is 9.51. The van der Waals surface area contributed by atoms with Gasteiger partial charge in [0, 0.05) is 31.9 Å². The summed E-state index contributed by atoms with van der Waals surface area (Å²) in [5.74, 6) is 0.176. The number of hydrogen-bond donors (Lipinski definition) is 0. The molecule has 0 unspecified atom stereocenters. The van der Waals surface area contributed by atoms with E-state index >= 15 is 0 Å². The third kappa shape index (κ3) is 6.24. The molecular weight excluding hydrogens is 373 g/mol.